The van der Waals surface area contributed by atoms with Crippen LogP contribution in [0.1, 0.15) is 33.3 Å². The third kappa shape index (κ3) is 4.56. The Hall–Kier alpha value is -3.32. The maximum atomic E-state index is 13.7. The zero-order chi connectivity index (χ0) is 21.8. The molecule has 2 N–H and O–H groups in total. The number of nitrogens with one attached hydrogen (secondary N) is 2. The second-order valence-corrected chi connectivity index (χ2v) is 7.61. The summed E-state index contributed by atoms with van der Waals surface area (Å²) < 4.78 is 29.9. The average Bonchev–Trinajstić information content (AvgIpc) is 3.32. The summed E-state index contributed by atoms with van der Waals surface area (Å²) in [5.74, 6) is 1.10. The monoisotopic (exact) mass is 425 g/mol. The molecule has 6 nitrogen and oxygen atoms in total. The molecule has 4 rings (SSSR count). The lowest BCUT2D eigenvalue weighted by Crippen LogP contribution is -3.12. The molecule has 1 unspecified atom stereocenters. The molecule has 1 aliphatic heterocycles. The normalized spacial score (nSPS) is 17.6. The molecule has 1 aliphatic rings. The fourth-order valence-corrected chi connectivity index (χ4v) is 4.23. The lowest BCUT2D eigenvalue weighted by molar-refractivity contribution is -0.945. The zero-order valence-corrected chi connectivity index (χ0v) is 17.6. The van der Waals surface area contributed by atoms with E-state index < -0.39 is 0 Å². The van der Waals surface area contributed by atoms with E-state index in [9.17, 15) is 9.18 Å². The Morgan fingerprint density at radius 2 is 1.97 bits per heavy atom. The molecule has 0 bridgehead atoms. The minimum Gasteiger partial charge on any atom is -0.493 e. The molecule has 0 fully saturated rings. The molecule has 1 aromatic heterocycles. The number of hydrogen-bond donors (Lipinski definition) is 2. The molecule has 1 amide bonds. The van der Waals surface area contributed by atoms with Gasteiger partial charge >= 0.3 is 0 Å². The van der Waals surface area contributed by atoms with Crippen LogP contribution in [0.2, 0.25) is 0 Å². The number of fused-ring (bicyclic) bond motifs is 1. The third-order valence-electron chi connectivity index (χ3n) is 5.76. The van der Waals surface area contributed by atoms with Crippen LogP contribution in [0.3, 0.4) is 0 Å². The van der Waals surface area contributed by atoms with Gasteiger partial charge in [0.2, 0.25) is 0 Å². The smallest absolute Gasteiger partial charge is 0.287 e. The highest BCUT2D eigenvalue weighted by Gasteiger charge is 2.33. The predicted molar refractivity (Wildman–Crippen MR) is 113 cm³/mol. The number of methoxy groups -OCH3 is 2. The summed E-state index contributed by atoms with van der Waals surface area (Å²) in [5, 5.41) is 2.99. The summed E-state index contributed by atoms with van der Waals surface area (Å²) in [6, 6.07) is 13.9. The molecule has 2 aromatic carbocycles. The largest absolute Gasteiger partial charge is 0.493 e. The van der Waals surface area contributed by atoms with Crippen molar-refractivity contribution in [1.29, 1.82) is 0 Å². The maximum absolute atomic E-state index is 13.7. The Balaban J connectivity index is 1.64. The Bertz CT molecular complexity index is 1050. The topological polar surface area (TPSA) is 65.1 Å². The second kappa shape index (κ2) is 9.22. The van der Waals surface area contributed by atoms with Crippen LogP contribution < -0.4 is 19.7 Å². The van der Waals surface area contributed by atoms with Crippen molar-refractivity contribution < 1.29 is 28.0 Å². The molecule has 2 atom stereocenters. The number of quaternary nitrogens is 1. The number of hydrogen-bond acceptors (Lipinski definition) is 4. The van der Waals surface area contributed by atoms with Crippen molar-refractivity contribution >= 4 is 5.91 Å². The van der Waals surface area contributed by atoms with E-state index in [1.165, 1.54) is 17.2 Å². The van der Waals surface area contributed by atoms with E-state index in [1.807, 2.05) is 18.2 Å². The van der Waals surface area contributed by atoms with Crippen molar-refractivity contribution in [3.8, 4) is 11.5 Å². The molecular formula is C24H26FN2O4+. The van der Waals surface area contributed by atoms with Crippen molar-refractivity contribution in [3.05, 3.63) is 83.1 Å². The van der Waals surface area contributed by atoms with Crippen LogP contribution in [0.5, 0.6) is 11.5 Å². The van der Waals surface area contributed by atoms with Crippen molar-refractivity contribution in [2.24, 2.45) is 0 Å². The Kier molecular flexibility index (Phi) is 6.23. The fraction of sp³-hybridized carbons (Fsp3) is 0.292. The first-order valence-electron chi connectivity index (χ1n) is 10.2. The number of ether oxygens (including phenoxy) is 2. The summed E-state index contributed by atoms with van der Waals surface area (Å²) in [7, 11) is 3.23. The van der Waals surface area contributed by atoms with Crippen LogP contribution in [0.4, 0.5) is 4.39 Å². The first kappa shape index (κ1) is 20.9. The molecule has 2 heterocycles. The number of carbonyl (C=O) groups is 1. The SMILES string of the molecule is COc1cc2c(cc1OC)[C@@H](CNC(=O)c1ccco1)[NH+](Cc1cccc(F)c1)CC2. The van der Waals surface area contributed by atoms with E-state index in [4.69, 9.17) is 13.9 Å². The molecule has 0 aliphatic carbocycles. The summed E-state index contributed by atoms with van der Waals surface area (Å²) in [6.45, 7) is 1.90. The van der Waals surface area contributed by atoms with Crippen LogP contribution >= 0.6 is 0 Å². The van der Waals surface area contributed by atoms with Crippen LogP contribution in [0, 0.1) is 5.82 Å². The number of halogens is 1. The van der Waals surface area contributed by atoms with Gasteiger partial charge in [0.1, 0.15) is 18.4 Å². The van der Waals surface area contributed by atoms with Crippen molar-refractivity contribution in [2.75, 3.05) is 27.3 Å². The fourth-order valence-electron chi connectivity index (χ4n) is 4.23. The van der Waals surface area contributed by atoms with E-state index in [1.54, 1.807) is 38.5 Å². The Morgan fingerprint density at radius 3 is 2.68 bits per heavy atom. The van der Waals surface area contributed by atoms with Gasteiger partial charge in [-0.15, -0.1) is 0 Å². The van der Waals surface area contributed by atoms with E-state index >= 15 is 0 Å². The van der Waals surface area contributed by atoms with Crippen molar-refractivity contribution in [3.63, 3.8) is 0 Å². The summed E-state index contributed by atoms with van der Waals surface area (Å²) in [6.07, 6.45) is 2.33. The lowest BCUT2D eigenvalue weighted by atomic mass is 9.91. The number of amides is 1. The first-order chi connectivity index (χ1) is 15.1. The average molecular weight is 425 g/mol. The number of carbonyl (C=O) groups excluding carboxylic acids is 1. The van der Waals surface area contributed by atoms with Crippen LogP contribution in [-0.2, 0) is 13.0 Å². The van der Waals surface area contributed by atoms with Crippen LogP contribution in [-0.4, -0.2) is 33.2 Å². The summed E-state index contributed by atoms with van der Waals surface area (Å²) >= 11 is 0. The van der Waals surface area contributed by atoms with Gasteiger partial charge in [0.05, 0.1) is 33.6 Å². The van der Waals surface area contributed by atoms with E-state index in [0.717, 1.165) is 29.7 Å². The van der Waals surface area contributed by atoms with Crippen molar-refractivity contribution in [2.45, 2.75) is 19.0 Å². The van der Waals surface area contributed by atoms with Gasteiger partial charge in [-0.2, -0.15) is 0 Å². The quantitative estimate of drug-likeness (QED) is 0.611. The van der Waals surface area contributed by atoms with Gasteiger partial charge in [-0.3, -0.25) is 4.79 Å². The highest BCUT2D eigenvalue weighted by Crippen LogP contribution is 2.34. The predicted octanol–water partition coefficient (Wildman–Crippen LogP) is 2.55. The Morgan fingerprint density at radius 1 is 1.16 bits per heavy atom. The number of benzene rings is 2. The minimum absolute atomic E-state index is 0.0364. The van der Waals surface area contributed by atoms with E-state index in [2.05, 4.69) is 5.32 Å². The van der Waals surface area contributed by atoms with E-state index in [-0.39, 0.29) is 23.5 Å². The Labute approximate surface area is 180 Å². The maximum Gasteiger partial charge on any atom is 0.287 e. The van der Waals surface area contributed by atoms with Gasteiger partial charge in [0.25, 0.3) is 5.91 Å². The molecule has 0 radical (unpaired) electrons. The standard InChI is InChI=1S/C24H25FN2O4/c1-29-22-12-17-8-9-27(15-16-5-3-6-18(25)11-16)20(19(17)13-23(22)30-2)14-26-24(28)21-7-4-10-31-21/h3-7,10-13,20H,8-9,14-15H2,1-2H3,(H,26,28)/p+1/t20-/m1/s1. The molecule has 31 heavy (non-hydrogen) atoms. The molecule has 3 aromatic rings. The van der Waals surface area contributed by atoms with Gasteiger partial charge in [0, 0.05) is 17.5 Å². The highest BCUT2D eigenvalue weighted by molar-refractivity contribution is 5.91. The second-order valence-electron chi connectivity index (χ2n) is 7.61. The molecule has 0 saturated heterocycles. The molecule has 0 saturated carbocycles. The molecule has 0 spiro atoms. The summed E-state index contributed by atoms with van der Waals surface area (Å²) in [4.78, 5) is 13.7. The lowest BCUT2D eigenvalue weighted by Gasteiger charge is -2.35. The van der Waals surface area contributed by atoms with Crippen molar-refractivity contribution in [1.82, 2.24) is 5.32 Å². The van der Waals surface area contributed by atoms with Gasteiger partial charge in [-0.1, -0.05) is 12.1 Å². The third-order valence-corrected chi connectivity index (χ3v) is 5.76. The van der Waals surface area contributed by atoms with Gasteiger partial charge in [-0.05, 0) is 42.0 Å². The van der Waals surface area contributed by atoms with Gasteiger partial charge in [0.15, 0.2) is 17.3 Å². The number of rotatable bonds is 7. The van der Waals surface area contributed by atoms with Crippen LogP contribution in [0.25, 0.3) is 0 Å². The van der Waals surface area contributed by atoms with E-state index in [0.29, 0.717) is 24.6 Å². The molecular weight excluding hydrogens is 399 g/mol. The van der Waals surface area contributed by atoms with Gasteiger partial charge in [-0.25, -0.2) is 4.39 Å². The van der Waals surface area contributed by atoms with Crippen LogP contribution in [0.15, 0.2) is 59.2 Å². The first-order valence-corrected chi connectivity index (χ1v) is 10.2. The highest BCUT2D eigenvalue weighted by atomic mass is 19.1. The number of furan rings is 1. The van der Waals surface area contributed by atoms with Gasteiger partial charge < -0.3 is 24.1 Å². The zero-order valence-electron chi connectivity index (χ0n) is 17.6. The molecule has 7 heteroatoms. The summed E-state index contributed by atoms with van der Waals surface area (Å²) in [5.41, 5.74) is 3.18. The molecule has 162 valence electrons. The minimum atomic E-state index is -0.261.